The van der Waals surface area contributed by atoms with Crippen molar-refractivity contribution >= 4 is 41.5 Å². The third-order valence-electron chi connectivity index (χ3n) is 13.6. The molecule has 63 heavy (non-hydrogen) atoms. The molecule has 0 radical (unpaired) electrons. The van der Waals surface area contributed by atoms with E-state index in [-0.39, 0.29) is 43.8 Å². The Kier molecular flexibility index (Phi) is 12.5. The summed E-state index contributed by atoms with van der Waals surface area (Å²) in [6, 6.07) is 24.7. The lowest BCUT2D eigenvalue weighted by atomic mass is 9.44. The highest BCUT2D eigenvalue weighted by Gasteiger charge is 2.78. The van der Waals surface area contributed by atoms with Gasteiger partial charge in [-0.1, -0.05) is 106 Å². The summed E-state index contributed by atoms with van der Waals surface area (Å²) in [6.07, 6.45) is -4.10. The second kappa shape index (κ2) is 17.4. The molecule has 4 aliphatic rings. The summed E-state index contributed by atoms with van der Waals surface area (Å²) in [5.74, 6) is -5.02. The van der Waals surface area contributed by atoms with Crippen LogP contribution in [0, 0.1) is 16.7 Å². The number of benzene rings is 3. The molecule has 1 heterocycles. The van der Waals surface area contributed by atoms with Crippen LogP contribution in [0.1, 0.15) is 94.8 Å². The van der Waals surface area contributed by atoms with Crippen LogP contribution >= 0.6 is 0 Å². The van der Waals surface area contributed by atoms with Crippen LogP contribution in [0.3, 0.4) is 0 Å². The van der Waals surface area contributed by atoms with Crippen LogP contribution in [0.15, 0.2) is 102 Å². The van der Waals surface area contributed by atoms with E-state index in [1.54, 1.807) is 83.1 Å². The Balaban J connectivity index is 1.36. The van der Waals surface area contributed by atoms with E-state index < -0.39 is 88.1 Å². The number of hydrogen-bond acceptors (Lipinski definition) is 13. The number of Topliss-reactive ketones (excluding diaryl/α,β-unsaturated/α-hetero) is 1. The molecule has 2 saturated carbocycles. The fourth-order valence-corrected chi connectivity index (χ4v) is 10.3. The molecule has 3 aliphatic carbocycles. The predicted molar refractivity (Wildman–Crippen MR) is 227 cm³/mol. The first-order valence-corrected chi connectivity index (χ1v) is 21.3. The second-order valence-corrected chi connectivity index (χ2v) is 17.7. The molecule has 7 rings (SSSR count). The number of rotatable bonds is 12. The molecule has 1 saturated heterocycles. The Labute approximate surface area is 366 Å². The molecule has 0 amide bonds. The van der Waals surface area contributed by atoms with E-state index in [1.165, 1.54) is 26.0 Å². The van der Waals surface area contributed by atoms with Crippen LogP contribution < -0.4 is 0 Å². The smallest absolute Gasteiger partial charge is 0.331 e. The largest absolute Gasteiger partial charge is 0.458 e. The number of ether oxygens (including phenoxy) is 6. The topological polar surface area (TPSA) is 178 Å². The molecule has 3 aromatic rings. The van der Waals surface area contributed by atoms with Crippen LogP contribution in [-0.2, 0) is 59.0 Å². The normalized spacial score (nSPS) is 30.7. The molecule has 1 aliphatic heterocycles. The summed E-state index contributed by atoms with van der Waals surface area (Å²) in [6.45, 7) is 10.5. The molecule has 9 atom stereocenters. The number of hydrogen-bond donors (Lipinski definition) is 1. The zero-order valence-corrected chi connectivity index (χ0v) is 36.6. The van der Waals surface area contributed by atoms with Crippen molar-refractivity contribution in [3.63, 3.8) is 0 Å². The van der Waals surface area contributed by atoms with E-state index in [9.17, 15) is 29.1 Å². The number of ketones is 2. The number of fused-ring (bicyclic) bond motifs is 5. The molecule has 13 nitrogen and oxygen atoms in total. The van der Waals surface area contributed by atoms with Crippen molar-refractivity contribution in [2.24, 2.45) is 16.7 Å². The minimum atomic E-state index is -2.03. The summed E-state index contributed by atoms with van der Waals surface area (Å²) in [5.41, 5.74) is -4.02. The van der Waals surface area contributed by atoms with Gasteiger partial charge in [0.1, 0.15) is 23.9 Å². The third kappa shape index (κ3) is 8.06. The van der Waals surface area contributed by atoms with Crippen molar-refractivity contribution in [3.05, 3.63) is 124 Å². The summed E-state index contributed by atoms with van der Waals surface area (Å²) in [4.78, 5) is 82.2. The Morgan fingerprint density at radius 1 is 0.841 bits per heavy atom. The molecule has 0 aromatic heterocycles. The van der Waals surface area contributed by atoms with Gasteiger partial charge in [-0.2, -0.15) is 0 Å². The third-order valence-corrected chi connectivity index (χ3v) is 13.6. The van der Waals surface area contributed by atoms with Crippen LogP contribution in [0.5, 0.6) is 0 Å². The van der Waals surface area contributed by atoms with E-state index in [2.05, 4.69) is 0 Å². The van der Waals surface area contributed by atoms with Crippen LogP contribution in [0.4, 0.5) is 0 Å². The second-order valence-electron chi connectivity index (χ2n) is 17.7. The Morgan fingerprint density at radius 2 is 1.48 bits per heavy atom. The highest BCUT2D eigenvalue weighted by molar-refractivity contribution is 6.09. The maximum absolute atomic E-state index is 16.0. The summed E-state index contributed by atoms with van der Waals surface area (Å²) in [7, 11) is 0. The molecule has 0 spiro atoms. The summed E-state index contributed by atoms with van der Waals surface area (Å²) < 4.78 is 37.5. The quantitative estimate of drug-likeness (QED) is 0.0690. The van der Waals surface area contributed by atoms with E-state index in [4.69, 9.17) is 28.4 Å². The van der Waals surface area contributed by atoms with Gasteiger partial charge in [-0.25, -0.2) is 4.79 Å². The van der Waals surface area contributed by atoms with Gasteiger partial charge in [0.15, 0.2) is 23.3 Å². The maximum Gasteiger partial charge on any atom is 0.331 e. The highest BCUT2D eigenvalue weighted by Crippen LogP contribution is 2.65. The van der Waals surface area contributed by atoms with E-state index in [1.807, 2.05) is 36.4 Å². The average molecular weight is 863 g/mol. The number of aliphatic hydroxyl groups is 1. The average Bonchev–Trinajstić information content (AvgIpc) is 3.25. The molecule has 332 valence electrons. The first-order chi connectivity index (χ1) is 29.9. The van der Waals surface area contributed by atoms with Crippen LogP contribution in [-0.4, -0.2) is 88.9 Å². The van der Waals surface area contributed by atoms with E-state index >= 15 is 4.79 Å². The van der Waals surface area contributed by atoms with Gasteiger partial charge in [-0.15, -0.1) is 0 Å². The van der Waals surface area contributed by atoms with Crippen LogP contribution in [0.25, 0.3) is 6.08 Å². The maximum atomic E-state index is 16.0. The Bertz CT molecular complexity index is 2330. The van der Waals surface area contributed by atoms with Crippen molar-refractivity contribution < 1.29 is 62.3 Å². The number of carbonyl (C=O) groups is 6. The van der Waals surface area contributed by atoms with Crippen molar-refractivity contribution in [1.82, 2.24) is 0 Å². The first kappa shape index (κ1) is 45.3. The minimum Gasteiger partial charge on any atom is -0.458 e. The first-order valence-electron chi connectivity index (χ1n) is 21.3. The zero-order valence-electron chi connectivity index (χ0n) is 36.6. The zero-order chi connectivity index (χ0) is 45.5. The molecular weight excluding hydrogens is 809 g/mol. The van der Waals surface area contributed by atoms with Crippen molar-refractivity contribution in [2.45, 2.75) is 116 Å². The Hall–Kier alpha value is -5.76. The molecule has 1 N–H and O–H groups in total. The lowest BCUT2D eigenvalue weighted by molar-refractivity contribution is -0.352. The summed E-state index contributed by atoms with van der Waals surface area (Å²) >= 11 is 0. The van der Waals surface area contributed by atoms with Gasteiger partial charge >= 0.3 is 23.9 Å². The SMILES string of the molecule is CCC(=O)O[C@H]1C(=O)[C@]2(C)[C@@H](OC(=O)/C=C/c3ccc(C(=O)c4ccccc4)cc3)C[C@H]3OC[C@@]3(OC(C)=O)[C@H]2[C@H](OCc2ccccc2)[C@]2(O)C[C@H](OC(C)=O)C(C)=C1C2(C)C. The minimum absolute atomic E-state index is 0.0697. The molecule has 2 bridgehead atoms. The standard InChI is InChI=1S/C50H54O13/c1-8-39(53)62-43-41-29(2)36(60-30(3)51)26-50(57,47(41,5)6)46(58-27-33-15-11-9-12-16-33)44-48(7,45(43)56)37(25-38-49(44,28-59-38)63-31(4)52)61-40(54)24-21-32-19-22-35(23-20-32)42(55)34-17-13-10-14-18-34/h9-24,36-38,43-44,46,57H,8,25-28H2,1-7H3/b24-21+/t36-,37-,38+,43+,44-,46-,48+,49-,50+/m0/s1. The Morgan fingerprint density at radius 3 is 2.06 bits per heavy atom. The summed E-state index contributed by atoms with van der Waals surface area (Å²) in [5, 5.41) is 13.7. The van der Waals surface area contributed by atoms with Gasteiger partial charge in [0.2, 0.25) is 0 Å². The van der Waals surface area contributed by atoms with Gasteiger partial charge in [-0.05, 0) is 42.2 Å². The van der Waals surface area contributed by atoms with Crippen molar-refractivity contribution in [1.29, 1.82) is 0 Å². The van der Waals surface area contributed by atoms with Gasteiger partial charge < -0.3 is 33.5 Å². The fourth-order valence-electron chi connectivity index (χ4n) is 10.3. The van der Waals surface area contributed by atoms with E-state index in [0.717, 1.165) is 5.56 Å². The van der Waals surface area contributed by atoms with E-state index in [0.29, 0.717) is 22.3 Å². The van der Waals surface area contributed by atoms with Gasteiger partial charge in [0.25, 0.3) is 0 Å². The molecular formula is C50H54O13. The number of esters is 4. The van der Waals surface area contributed by atoms with Gasteiger partial charge in [0.05, 0.1) is 24.7 Å². The van der Waals surface area contributed by atoms with Gasteiger partial charge in [0, 0.05) is 61.6 Å². The predicted octanol–water partition coefficient (Wildman–Crippen LogP) is 6.47. The fraction of sp³-hybridized carbons (Fsp3) is 0.440. The monoisotopic (exact) mass is 862 g/mol. The molecule has 0 unspecified atom stereocenters. The van der Waals surface area contributed by atoms with Gasteiger partial charge in [-0.3, -0.25) is 24.0 Å². The lowest BCUT2D eigenvalue weighted by Gasteiger charge is -2.68. The molecule has 3 aromatic carbocycles. The van der Waals surface area contributed by atoms with Crippen molar-refractivity contribution in [3.8, 4) is 0 Å². The lowest BCUT2D eigenvalue weighted by Crippen LogP contribution is -2.82. The van der Waals surface area contributed by atoms with Crippen molar-refractivity contribution in [2.75, 3.05) is 6.61 Å². The molecule has 3 fully saturated rings. The molecule has 13 heteroatoms. The van der Waals surface area contributed by atoms with Crippen LogP contribution in [0.2, 0.25) is 0 Å². The number of carbonyl (C=O) groups excluding carboxylic acids is 6. The highest BCUT2D eigenvalue weighted by atomic mass is 16.6.